The lowest BCUT2D eigenvalue weighted by Gasteiger charge is -2.20. The van der Waals surface area contributed by atoms with Crippen molar-refractivity contribution in [1.29, 1.82) is 0 Å². The summed E-state index contributed by atoms with van der Waals surface area (Å²) < 4.78 is 5.41. The van der Waals surface area contributed by atoms with Crippen LogP contribution < -0.4 is 0 Å². The Balaban J connectivity index is 2.02. The molecule has 106 valence electrons. The van der Waals surface area contributed by atoms with E-state index in [1.54, 1.807) is 13.8 Å². The number of amides is 1. The van der Waals surface area contributed by atoms with Crippen LogP contribution in [-0.4, -0.2) is 59.3 Å². The number of oxazole rings is 1. The molecule has 0 aromatic carbocycles. The quantitative estimate of drug-likeness (QED) is 0.793. The van der Waals surface area contributed by atoms with Crippen molar-refractivity contribution < 1.29 is 9.21 Å². The van der Waals surface area contributed by atoms with E-state index in [2.05, 4.69) is 9.88 Å². The van der Waals surface area contributed by atoms with Crippen molar-refractivity contribution in [1.82, 2.24) is 14.8 Å². The second-order valence-corrected chi connectivity index (χ2v) is 5.20. The zero-order valence-electron chi connectivity index (χ0n) is 11.5. The van der Waals surface area contributed by atoms with Gasteiger partial charge < -0.3 is 14.2 Å². The average molecular weight is 286 g/mol. The third-order valence-corrected chi connectivity index (χ3v) is 3.54. The Morgan fingerprint density at radius 1 is 1.32 bits per heavy atom. The molecule has 0 aliphatic carbocycles. The number of nitrogens with zero attached hydrogens (tertiary/aromatic N) is 3. The van der Waals surface area contributed by atoms with Crippen molar-refractivity contribution in [3.63, 3.8) is 0 Å². The highest BCUT2D eigenvalue weighted by molar-refractivity contribution is 6.18. The molecule has 0 bridgehead atoms. The normalized spacial score (nSPS) is 17.5. The molecule has 0 N–H and O–H groups in total. The van der Waals surface area contributed by atoms with E-state index in [-0.39, 0.29) is 5.91 Å². The maximum atomic E-state index is 12.4. The molecule has 0 radical (unpaired) electrons. The van der Waals surface area contributed by atoms with Crippen LogP contribution in [0.1, 0.15) is 28.6 Å². The highest BCUT2D eigenvalue weighted by Gasteiger charge is 2.24. The molecule has 1 aromatic rings. The summed E-state index contributed by atoms with van der Waals surface area (Å²) in [7, 11) is 0. The summed E-state index contributed by atoms with van der Waals surface area (Å²) >= 11 is 5.76. The molecule has 5 nitrogen and oxygen atoms in total. The fourth-order valence-corrected chi connectivity index (χ4v) is 2.63. The van der Waals surface area contributed by atoms with E-state index < -0.39 is 0 Å². The minimum Gasteiger partial charge on any atom is -0.436 e. The SMILES string of the molecule is Cc1nc(C)c(C(=O)N2CCCN(CCCl)CC2)o1. The number of halogens is 1. The first kappa shape index (κ1) is 14.3. The number of alkyl halides is 1. The molecule has 0 spiro atoms. The molecule has 2 heterocycles. The zero-order chi connectivity index (χ0) is 13.8. The first-order valence-electron chi connectivity index (χ1n) is 6.63. The van der Waals surface area contributed by atoms with Gasteiger partial charge in [-0.25, -0.2) is 4.98 Å². The van der Waals surface area contributed by atoms with Crippen LogP contribution in [0, 0.1) is 13.8 Å². The third kappa shape index (κ3) is 3.48. The minimum absolute atomic E-state index is 0.0502. The van der Waals surface area contributed by atoms with Crippen LogP contribution in [0.2, 0.25) is 0 Å². The van der Waals surface area contributed by atoms with E-state index >= 15 is 0 Å². The van der Waals surface area contributed by atoms with Gasteiger partial charge >= 0.3 is 0 Å². The van der Waals surface area contributed by atoms with Gasteiger partial charge in [0.25, 0.3) is 5.91 Å². The van der Waals surface area contributed by atoms with Gasteiger partial charge in [0, 0.05) is 39.0 Å². The predicted octanol–water partition coefficient (Wildman–Crippen LogP) is 1.68. The lowest BCUT2D eigenvalue weighted by Crippen LogP contribution is -2.35. The number of carbonyl (C=O) groups excluding carboxylic acids is 1. The topological polar surface area (TPSA) is 49.6 Å². The van der Waals surface area contributed by atoms with Gasteiger partial charge in [0.15, 0.2) is 5.89 Å². The summed E-state index contributed by atoms with van der Waals surface area (Å²) in [6.45, 7) is 7.78. The standard InChI is InChI=1S/C13H20ClN3O2/c1-10-12(19-11(2)15-10)13(18)17-6-3-5-16(7-4-14)8-9-17/h3-9H2,1-2H3. The molecule has 6 heteroatoms. The number of hydrogen-bond acceptors (Lipinski definition) is 4. The molecule has 1 aromatic heterocycles. The molecule has 0 saturated carbocycles. The van der Waals surface area contributed by atoms with Gasteiger partial charge in [-0.15, -0.1) is 11.6 Å². The summed E-state index contributed by atoms with van der Waals surface area (Å²) in [6.07, 6.45) is 0.967. The summed E-state index contributed by atoms with van der Waals surface area (Å²) in [5, 5.41) is 0. The van der Waals surface area contributed by atoms with Gasteiger partial charge in [-0.05, 0) is 19.9 Å². The van der Waals surface area contributed by atoms with E-state index in [1.165, 1.54) is 0 Å². The van der Waals surface area contributed by atoms with Crippen LogP contribution in [0.4, 0.5) is 0 Å². The molecule has 1 fully saturated rings. The van der Waals surface area contributed by atoms with Crippen LogP contribution in [0.5, 0.6) is 0 Å². The van der Waals surface area contributed by atoms with Crippen molar-refractivity contribution in [2.45, 2.75) is 20.3 Å². The third-order valence-electron chi connectivity index (χ3n) is 3.37. The molecule has 1 saturated heterocycles. The summed E-state index contributed by atoms with van der Waals surface area (Å²) in [5.74, 6) is 1.50. The van der Waals surface area contributed by atoms with Crippen LogP contribution >= 0.6 is 11.6 Å². The zero-order valence-corrected chi connectivity index (χ0v) is 12.2. The van der Waals surface area contributed by atoms with Crippen LogP contribution in [0.3, 0.4) is 0 Å². The Bertz CT molecular complexity index is 447. The van der Waals surface area contributed by atoms with E-state index in [4.69, 9.17) is 16.0 Å². The lowest BCUT2D eigenvalue weighted by atomic mass is 10.3. The number of aromatic nitrogens is 1. The average Bonchev–Trinajstić information content (AvgIpc) is 2.59. The van der Waals surface area contributed by atoms with Gasteiger partial charge in [0.1, 0.15) is 0 Å². The maximum Gasteiger partial charge on any atom is 0.291 e. The van der Waals surface area contributed by atoms with Crippen molar-refractivity contribution in [2.24, 2.45) is 0 Å². The van der Waals surface area contributed by atoms with E-state index in [1.807, 2.05) is 4.90 Å². The highest BCUT2D eigenvalue weighted by Crippen LogP contribution is 2.14. The minimum atomic E-state index is -0.0502. The fraction of sp³-hybridized carbons (Fsp3) is 0.692. The monoisotopic (exact) mass is 285 g/mol. The number of aryl methyl sites for hydroxylation is 2. The molecule has 0 atom stereocenters. The van der Waals surface area contributed by atoms with Crippen molar-refractivity contribution in [3.8, 4) is 0 Å². The fourth-order valence-electron chi connectivity index (χ4n) is 2.39. The van der Waals surface area contributed by atoms with E-state index in [0.717, 1.165) is 39.1 Å². The van der Waals surface area contributed by atoms with Gasteiger partial charge in [0.2, 0.25) is 5.76 Å². The predicted molar refractivity (Wildman–Crippen MR) is 73.7 cm³/mol. The molecular formula is C13H20ClN3O2. The molecule has 1 aliphatic heterocycles. The summed E-state index contributed by atoms with van der Waals surface area (Å²) in [6, 6.07) is 0. The number of hydrogen-bond donors (Lipinski definition) is 0. The number of rotatable bonds is 3. The van der Waals surface area contributed by atoms with Crippen LogP contribution in [0.25, 0.3) is 0 Å². The molecule has 0 unspecified atom stereocenters. The molecule has 1 amide bonds. The van der Waals surface area contributed by atoms with E-state index in [0.29, 0.717) is 23.2 Å². The Labute approximate surface area is 118 Å². The van der Waals surface area contributed by atoms with Gasteiger partial charge in [-0.1, -0.05) is 0 Å². The van der Waals surface area contributed by atoms with Crippen molar-refractivity contribution >= 4 is 17.5 Å². The van der Waals surface area contributed by atoms with Gasteiger partial charge in [-0.2, -0.15) is 0 Å². The van der Waals surface area contributed by atoms with Crippen molar-refractivity contribution in [2.75, 3.05) is 38.6 Å². The first-order chi connectivity index (χ1) is 9.11. The highest BCUT2D eigenvalue weighted by atomic mass is 35.5. The van der Waals surface area contributed by atoms with Crippen LogP contribution in [0.15, 0.2) is 4.42 Å². The molecular weight excluding hydrogens is 266 g/mol. The lowest BCUT2D eigenvalue weighted by molar-refractivity contribution is 0.0727. The smallest absolute Gasteiger partial charge is 0.291 e. The Morgan fingerprint density at radius 3 is 2.74 bits per heavy atom. The molecule has 2 rings (SSSR count). The van der Waals surface area contributed by atoms with Gasteiger partial charge in [-0.3, -0.25) is 4.79 Å². The molecule has 19 heavy (non-hydrogen) atoms. The largest absolute Gasteiger partial charge is 0.436 e. The second kappa shape index (κ2) is 6.39. The second-order valence-electron chi connectivity index (χ2n) is 4.82. The summed E-state index contributed by atoms with van der Waals surface area (Å²) in [5.41, 5.74) is 0.671. The first-order valence-corrected chi connectivity index (χ1v) is 7.17. The number of carbonyl (C=O) groups is 1. The Morgan fingerprint density at radius 2 is 2.11 bits per heavy atom. The molecule has 1 aliphatic rings. The Kier molecular flexibility index (Phi) is 4.82. The Hall–Kier alpha value is -1.07. The summed E-state index contributed by atoms with van der Waals surface area (Å²) in [4.78, 5) is 20.7. The van der Waals surface area contributed by atoms with E-state index in [9.17, 15) is 4.79 Å². The van der Waals surface area contributed by atoms with Crippen molar-refractivity contribution in [3.05, 3.63) is 17.3 Å². The van der Waals surface area contributed by atoms with Gasteiger partial charge in [0.05, 0.1) is 5.69 Å². The maximum absolute atomic E-state index is 12.4. The van der Waals surface area contributed by atoms with Crippen LogP contribution in [-0.2, 0) is 0 Å².